The van der Waals surface area contributed by atoms with Gasteiger partial charge in [0.2, 0.25) is 0 Å². The molecule has 0 bridgehead atoms. The summed E-state index contributed by atoms with van der Waals surface area (Å²) in [5, 5.41) is 8.80. The minimum atomic E-state index is -0.0369. The van der Waals surface area contributed by atoms with Crippen molar-refractivity contribution < 1.29 is 4.79 Å². The highest BCUT2D eigenvalue weighted by molar-refractivity contribution is 5.98. The number of nitrogens with zero attached hydrogens (tertiary/aromatic N) is 6. The third-order valence-corrected chi connectivity index (χ3v) is 5.58. The molecule has 1 aliphatic carbocycles. The van der Waals surface area contributed by atoms with Gasteiger partial charge in [-0.1, -0.05) is 42.7 Å². The lowest BCUT2D eigenvalue weighted by atomic mass is 9.75. The number of rotatable bonds is 6. The summed E-state index contributed by atoms with van der Waals surface area (Å²) in [5.74, 6) is 1.95. The molecule has 0 unspecified atom stereocenters. The highest BCUT2D eigenvalue weighted by Crippen LogP contribution is 2.39. The van der Waals surface area contributed by atoms with E-state index >= 15 is 0 Å². The Labute approximate surface area is 164 Å². The van der Waals surface area contributed by atoms with Gasteiger partial charge in [0.05, 0.1) is 0 Å². The van der Waals surface area contributed by atoms with E-state index in [4.69, 9.17) is 4.98 Å². The van der Waals surface area contributed by atoms with E-state index in [1.807, 2.05) is 35.9 Å². The van der Waals surface area contributed by atoms with E-state index in [-0.39, 0.29) is 17.6 Å². The summed E-state index contributed by atoms with van der Waals surface area (Å²) in [5.41, 5.74) is 1.97. The lowest BCUT2D eigenvalue weighted by Crippen LogP contribution is -2.28. The molecule has 4 rings (SSSR count). The molecular weight excluding hydrogens is 352 g/mol. The third kappa shape index (κ3) is 3.74. The Kier molecular flexibility index (Phi) is 5.32. The molecule has 1 aliphatic rings. The van der Waals surface area contributed by atoms with E-state index in [0.29, 0.717) is 6.54 Å². The number of ketones is 1. The summed E-state index contributed by atoms with van der Waals surface area (Å²) in [4.78, 5) is 22.1. The first-order valence-corrected chi connectivity index (χ1v) is 10.0. The smallest absolute Gasteiger partial charge is 0.172 e. The molecule has 7 nitrogen and oxygen atoms in total. The van der Waals surface area contributed by atoms with Crippen LogP contribution < -0.4 is 0 Å². The predicted octanol–water partition coefficient (Wildman–Crippen LogP) is 3.40. The highest BCUT2D eigenvalue weighted by atomic mass is 16.1. The molecular formula is C21H26N6O. The maximum atomic E-state index is 13.3. The molecule has 2 aromatic heterocycles. The second-order valence-corrected chi connectivity index (χ2v) is 7.52. The molecule has 1 saturated carbocycles. The summed E-state index contributed by atoms with van der Waals surface area (Å²) >= 11 is 0. The van der Waals surface area contributed by atoms with E-state index in [2.05, 4.69) is 22.1 Å². The second kappa shape index (κ2) is 8.04. The maximum Gasteiger partial charge on any atom is 0.172 e. The lowest BCUT2D eigenvalue weighted by molar-refractivity contribution is 0.0862. The van der Waals surface area contributed by atoms with E-state index in [0.717, 1.165) is 49.4 Å². The summed E-state index contributed by atoms with van der Waals surface area (Å²) < 4.78 is 3.67. The zero-order valence-electron chi connectivity index (χ0n) is 16.5. The Morgan fingerprint density at radius 3 is 2.68 bits per heavy atom. The summed E-state index contributed by atoms with van der Waals surface area (Å²) in [7, 11) is 0. The van der Waals surface area contributed by atoms with Crippen LogP contribution in [-0.4, -0.2) is 35.3 Å². The van der Waals surface area contributed by atoms with E-state index in [1.54, 1.807) is 11.0 Å². The van der Waals surface area contributed by atoms with Crippen molar-refractivity contribution in [2.75, 3.05) is 0 Å². The molecule has 28 heavy (non-hydrogen) atoms. The lowest BCUT2D eigenvalue weighted by Gasteiger charge is -2.30. The number of hydrogen-bond acceptors (Lipinski definition) is 5. The largest absolute Gasteiger partial charge is 0.294 e. The van der Waals surface area contributed by atoms with Gasteiger partial charge in [-0.05, 0) is 26.7 Å². The zero-order chi connectivity index (χ0) is 19.5. The van der Waals surface area contributed by atoms with Crippen molar-refractivity contribution in [1.82, 2.24) is 29.5 Å². The number of aryl methyl sites for hydroxylation is 2. The molecule has 0 amide bonds. The third-order valence-electron chi connectivity index (χ3n) is 5.58. The van der Waals surface area contributed by atoms with Crippen molar-refractivity contribution in [2.24, 2.45) is 5.92 Å². The van der Waals surface area contributed by atoms with Gasteiger partial charge in [-0.2, -0.15) is 10.2 Å². The van der Waals surface area contributed by atoms with E-state index in [1.165, 1.54) is 11.9 Å². The number of hydrogen-bond donors (Lipinski definition) is 0. The Hall–Kier alpha value is -2.83. The van der Waals surface area contributed by atoms with E-state index in [9.17, 15) is 4.79 Å². The maximum absolute atomic E-state index is 13.3. The Bertz CT molecular complexity index is 928. The molecule has 3 aromatic rings. The minimum Gasteiger partial charge on any atom is -0.294 e. The van der Waals surface area contributed by atoms with E-state index < -0.39 is 0 Å². The van der Waals surface area contributed by atoms with Crippen LogP contribution >= 0.6 is 0 Å². The zero-order valence-corrected chi connectivity index (χ0v) is 16.5. The summed E-state index contributed by atoms with van der Waals surface area (Å²) in [6.45, 7) is 5.33. The van der Waals surface area contributed by atoms with Gasteiger partial charge in [-0.3, -0.25) is 4.79 Å². The number of carbonyl (C=O) groups excluding carboxylic acids is 1. The summed E-state index contributed by atoms with van der Waals surface area (Å²) in [6, 6.07) is 7.92. The molecule has 0 N–H and O–H groups in total. The molecule has 2 heterocycles. The Morgan fingerprint density at radius 1 is 1.18 bits per heavy atom. The Morgan fingerprint density at radius 2 is 1.96 bits per heavy atom. The van der Waals surface area contributed by atoms with Crippen LogP contribution in [0.25, 0.3) is 0 Å². The van der Waals surface area contributed by atoms with Gasteiger partial charge in [-0.25, -0.2) is 19.3 Å². The molecule has 0 saturated heterocycles. The van der Waals surface area contributed by atoms with Crippen LogP contribution in [0.2, 0.25) is 0 Å². The predicted molar refractivity (Wildman–Crippen MR) is 105 cm³/mol. The quantitative estimate of drug-likeness (QED) is 0.614. The van der Waals surface area contributed by atoms with Crippen LogP contribution in [0.15, 0.2) is 36.9 Å². The fourth-order valence-corrected chi connectivity index (χ4v) is 4.12. The van der Waals surface area contributed by atoms with Crippen molar-refractivity contribution >= 4 is 5.78 Å². The monoisotopic (exact) mass is 378 g/mol. The van der Waals surface area contributed by atoms with Crippen molar-refractivity contribution in [3.05, 3.63) is 59.7 Å². The summed E-state index contributed by atoms with van der Waals surface area (Å²) in [6.07, 6.45) is 7.27. The van der Waals surface area contributed by atoms with Crippen molar-refractivity contribution in [3.8, 4) is 0 Å². The first kappa shape index (κ1) is 18.5. The van der Waals surface area contributed by atoms with Gasteiger partial charge in [-0.15, -0.1) is 0 Å². The molecule has 0 radical (unpaired) electrons. The van der Waals surface area contributed by atoms with Gasteiger partial charge in [0, 0.05) is 23.9 Å². The van der Waals surface area contributed by atoms with Crippen molar-refractivity contribution in [1.29, 1.82) is 0 Å². The fraction of sp³-hybridized carbons (Fsp3) is 0.476. The first-order chi connectivity index (χ1) is 13.7. The Balaban J connectivity index is 1.62. The molecule has 1 aromatic carbocycles. The molecule has 2 atom stereocenters. The van der Waals surface area contributed by atoms with Crippen LogP contribution in [0.3, 0.4) is 0 Å². The average molecular weight is 378 g/mol. The number of carbonyl (C=O) groups is 1. The highest BCUT2D eigenvalue weighted by Gasteiger charge is 2.35. The standard InChI is InChI=1S/C21H26N6O/c1-3-27-21(24-19(25-27)12-26-14-22-13-23-26)18-7-5-4-6-17(18)20(28)16-10-8-15(2)9-11-16/h8-11,13-14,17-18H,3-7,12H2,1-2H3/t17-,18+/m0/s1. The van der Waals surface area contributed by atoms with Crippen LogP contribution in [0.4, 0.5) is 0 Å². The molecule has 0 spiro atoms. The number of Topliss-reactive ketones (excluding diaryl/α,β-unsaturated/α-hetero) is 1. The SMILES string of the molecule is CCn1nc(Cn2cncn2)nc1[C@@H]1CCCC[C@@H]1C(=O)c1ccc(C)cc1. The van der Waals surface area contributed by atoms with Gasteiger partial charge >= 0.3 is 0 Å². The topological polar surface area (TPSA) is 78.5 Å². The number of aromatic nitrogens is 6. The molecule has 146 valence electrons. The average Bonchev–Trinajstić information content (AvgIpc) is 3.38. The molecule has 0 aliphatic heterocycles. The van der Waals surface area contributed by atoms with Crippen molar-refractivity contribution in [2.45, 2.75) is 58.5 Å². The van der Waals surface area contributed by atoms with Gasteiger partial charge in [0.15, 0.2) is 11.6 Å². The fourth-order valence-electron chi connectivity index (χ4n) is 4.12. The molecule has 7 heteroatoms. The first-order valence-electron chi connectivity index (χ1n) is 10.0. The normalized spacial score (nSPS) is 19.6. The van der Waals surface area contributed by atoms with Gasteiger partial charge in [0.1, 0.15) is 25.0 Å². The van der Waals surface area contributed by atoms with Gasteiger partial charge in [0.25, 0.3) is 0 Å². The minimum absolute atomic E-state index is 0.0369. The molecule has 1 fully saturated rings. The van der Waals surface area contributed by atoms with Crippen LogP contribution in [0, 0.1) is 12.8 Å². The van der Waals surface area contributed by atoms with Crippen LogP contribution in [0.1, 0.15) is 66.1 Å². The van der Waals surface area contributed by atoms with Gasteiger partial charge < -0.3 is 0 Å². The van der Waals surface area contributed by atoms with Crippen LogP contribution in [-0.2, 0) is 13.1 Å². The van der Waals surface area contributed by atoms with Crippen molar-refractivity contribution in [3.63, 3.8) is 0 Å². The van der Waals surface area contributed by atoms with Crippen LogP contribution in [0.5, 0.6) is 0 Å². The second-order valence-electron chi connectivity index (χ2n) is 7.52. The number of benzene rings is 1.